The number of nitrogens with zero attached hydrogens (tertiary/aromatic N) is 2. The molecule has 0 spiro atoms. The monoisotopic (exact) mass is 266 g/mol. The lowest BCUT2D eigenvalue weighted by Crippen LogP contribution is -2.37. The minimum absolute atomic E-state index is 0.114. The van der Waals surface area contributed by atoms with E-state index < -0.39 is 0 Å². The molecular formula is C14H22N2OS. The van der Waals surface area contributed by atoms with Gasteiger partial charge < -0.3 is 4.90 Å². The van der Waals surface area contributed by atoms with Crippen molar-refractivity contribution in [2.45, 2.75) is 40.5 Å². The van der Waals surface area contributed by atoms with Gasteiger partial charge in [-0.05, 0) is 24.2 Å². The van der Waals surface area contributed by atoms with Crippen LogP contribution >= 0.6 is 11.3 Å². The molecule has 1 aromatic heterocycles. The predicted octanol–water partition coefficient (Wildman–Crippen LogP) is 3.61. The molecule has 0 aromatic carbocycles. The molecule has 1 aromatic rings. The minimum atomic E-state index is 0.114. The highest BCUT2D eigenvalue weighted by molar-refractivity contribution is 7.17. The topological polar surface area (TPSA) is 33.2 Å². The fourth-order valence-corrected chi connectivity index (χ4v) is 3.37. The van der Waals surface area contributed by atoms with Crippen LogP contribution in [0.2, 0.25) is 0 Å². The van der Waals surface area contributed by atoms with Crippen LogP contribution in [-0.4, -0.2) is 23.9 Å². The third-order valence-electron chi connectivity index (χ3n) is 3.83. The molecule has 1 aliphatic heterocycles. The molecule has 1 saturated heterocycles. The lowest BCUT2D eigenvalue weighted by molar-refractivity contribution is 0.102. The Morgan fingerprint density at radius 1 is 1.39 bits per heavy atom. The van der Waals surface area contributed by atoms with Crippen molar-refractivity contribution >= 4 is 22.3 Å². The largest absolute Gasteiger partial charge is 0.348 e. The Morgan fingerprint density at radius 2 is 2.00 bits per heavy atom. The summed E-state index contributed by atoms with van der Waals surface area (Å²) in [7, 11) is 0. The third-order valence-corrected chi connectivity index (χ3v) is 4.99. The van der Waals surface area contributed by atoms with Crippen molar-refractivity contribution in [2.24, 2.45) is 11.3 Å². The molecule has 2 rings (SSSR count). The summed E-state index contributed by atoms with van der Waals surface area (Å²) in [5.41, 5.74) is 0.402. The summed E-state index contributed by atoms with van der Waals surface area (Å²) in [6.07, 6.45) is 4.15. The molecule has 1 aliphatic rings. The molecule has 3 nitrogen and oxygen atoms in total. The molecule has 0 aliphatic carbocycles. The maximum absolute atomic E-state index is 11.3. The molecule has 1 fully saturated rings. The molecule has 18 heavy (non-hydrogen) atoms. The second kappa shape index (κ2) is 5.00. The lowest BCUT2D eigenvalue weighted by Gasteiger charge is -2.38. The van der Waals surface area contributed by atoms with Gasteiger partial charge in [-0.25, -0.2) is 4.98 Å². The predicted molar refractivity (Wildman–Crippen MR) is 76.5 cm³/mol. The molecule has 0 atom stereocenters. The van der Waals surface area contributed by atoms with Crippen molar-refractivity contribution in [2.75, 3.05) is 18.0 Å². The normalized spacial score (nSPS) is 18.1. The first-order valence-corrected chi connectivity index (χ1v) is 7.41. The minimum Gasteiger partial charge on any atom is -0.348 e. The number of hydrogen-bond acceptors (Lipinski definition) is 4. The van der Waals surface area contributed by atoms with Gasteiger partial charge in [-0.3, -0.25) is 4.79 Å². The summed E-state index contributed by atoms with van der Waals surface area (Å²) in [5, 5.41) is 1.01. The van der Waals surface area contributed by atoms with Gasteiger partial charge >= 0.3 is 0 Å². The first-order chi connectivity index (χ1) is 8.38. The molecule has 0 amide bonds. The standard InChI is InChI=1S/C14H22N2OS/c1-10(17)12-9-15-13(18-12)16-7-5-11(6-8-16)14(2,3)4/h9,11H,5-8H2,1-4H3. The fourth-order valence-electron chi connectivity index (χ4n) is 2.51. The van der Waals surface area contributed by atoms with E-state index in [1.54, 1.807) is 13.1 Å². The Morgan fingerprint density at radius 3 is 2.44 bits per heavy atom. The zero-order chi connectivity index (χ0) is 13.3. The van der Waals surface area contributed by atoms with Crippen molar-refractivity contribution in [3.8, 4) is 0 Å². The van der Waals surface area contributed by atoms with Crippen LogP contribution in [-0.2, 0) is 0 Å². The Bertz CT molecular complexity index is 425. The number of Topliss-reactive ketones (excluding diaryl/α,β-unsaturated/α-hetero) is 1. The average molecular weight is 266 g/mol. The highest BCUT2D eigenvalue weighted by Gasteiger charge is 2.29. The SMILES string of the molecule is CC(=O)c1cnc(N2CCC(C(C)(C)C)CC2)s1. The number of rotatable bonds is 2. The van der Waals surface area contributed by atoms with Crippen molar-refractivity contribution in [1.82, 2.24) is 4.98 Å². The molecule has 0 N–H and O–H groups in total. The van der Waals surface area contributed by atoms with Crippen LogP contribution in [0.3, 0.4) is 0 Å². The van der Waals surface area contributed by atoms with Crippen LogP contribution in [0, 0.1) is 11.3 Å². The van der Waals surface area contributed by atoms with E-state index in [1.165, 1.54) is 24.2 Å². The number of carbonyl (C=O) groups is 1. The second-order valence-electron chi connectivity index (χ2n) is 6.19. The van der Waals surface area contributed by atoms with Crippen molar-refractivity contribution in [1.29, 1.82) is 0 Å². The molecule has 100 valence electrons. The molecule has 0 bridgehead atoms. The first kappa shape index (κ1) is 13.5. The van der Waals surface area contributed by atoms with Gasteiger partial charge in [0.25, 0.3) is 0 Å². The van der Waals surface area contributed by atoms with Crippen LogP contribution in [0.5, 0.6) is 0 Å². The number of thiazole rings is 1. The van der Waals surface area contributed by atoms with Crippen LogP contribution < -0.4 is 4.90 Å². The average Bonchev–Trinajstić information content (AvgIpc) is 2.77. The fraction of sp³-hybridized carbons (Fsp3) is 0.714. The molecule has 0 unspecified atom stereocenters. The van der Waals surface area contributed by atoms with E-state index in [1.807, 2.05) is 0 Å². The van der Waals surface area contributed by atoms with Gasteiger partial charge in [0.1, 0.15) is 0 Å². The van der Waals surface area contributed by atoms with E-state index in [9.17, 15) is 4.79 Å². The zero-order valence-electron chi connectivity index (χ0n) is 11.7. The number of ketones is 1. The summed E-state index contributed by atoms with van der Waals surface area (Å²) in [5.74, 6) is 0.907. The van der Waals surface area contributed by atoms with Gasteiger partial charge in [-0.1, -0.05) is 32.1 Å². The highest BCUT2D eigenvalue weighted by Crippen LogP contribution is 2.36. The number of hydrogen-bond donors (Lipinski definition) is 0. The maximum Gasteiger partial charge on any atom is 0.185 e. The van der Waals surface area contributed by atoms with Crippen LogP contribution in [0.25, 0.3) is 0 Å². The van der Waals surface area contributed by atoms with Crippen LogP contribution in [0.4, 0.5) is 5.13 Å². The molecule has 0 radical (unpaired) electrons. The van der Waals surface area contributed by atoms with Crippen molar-refractivity contribution in [3.05, 3.63) is 11.1 Å². The Kier molecular flexibility index (Phi) is 3.76. The number of carbonyl (C=O) groups excluding carboxylic acids is 1. The Balaban J connectivity index is 1.99. The highest BCUT2D eigenvalue weighted by atomic mass is 32.1. The Hall–Kier alpha value is -0.900. The molecule has 2 heterocycles. The van der Waals surface area contributed by atoms with E-state index in [0.29, 0.717) is 5.41 Å². The number of anilines is 1. The summed E-state index contributed by atoms with van der Waals surface area (Å²) in [6.45, 7) is 10.7. The van der Waals surface area contributed by atoms with Crippen molar-refractivity contribution < 1.29 is 4.79 Å². The van der Waals surface area contributed by atoms with E-state index in [0.717, 1.165) is 29.0 Å². The van der Waals surface area contributed by atoms with Gasteiger partial charge in [-0.2, -0.15) is 0 Å². The van der Waals surface area contributed by atoms with E-state index >= 15 is 0 Å². The maximum atomic E-state index is 11.3. The second-order valence-corrected chi connectivity index (χ2v) is 7.20. The van der Waals surface area contributed by atoms with E-state index in [-0.39, 0.29) is 5.78 Å². The first-order valence-electron chi connectivity index (χ1n) is 6.59. The molecule has 4 heteroatoms. The van der Waals surface area contributed by atoms with Gasteiger partial charge in [-0.15, -0.1) is 0 Å². The summed E-state index contributed by atoms with van der Waals surface area (Å²) in [6, 6.07) is 0. The van der Waals surface area contributed by atoms with Gasteiger partial charge in [0.15, 0.2) is 10.9 Å². The van der Waals surface area contributed by atoms with Gasteiger partial charge in [0, 0.05) is 20.0 Å². The zero-order valence-corrected chi connectivity index (χ0v) is 12.5. The molecular weight excluding hydrogens is 244 g/mol. The molecule has 0 saturated carbocycles. The van der Waals surface area contributed by atoms with E-state index in [4.69, 9.17) is 0 Å². The van der Waals surface area contributed by atoms with E-state index in [2.05, 4.69) is 30.7 Å². The quantitative estimate of drug-likeness (QED) is 0.767. The van der Waals surface area contributed by atoms with Gasteiger partial charge in [0.05, 0.1) is 11.1 Å². The van der Waals surface area contributed by atoms with Crippen LogP contribution in [0.15, 0.2) is 6.20 Å². The number of aromatic nitrogens is 1. The van der Waals surface area contributed by atoms with Crippen LogP contribution in [0.1, 0.15) is 50.2 Å². The third kappa shape index (κ3) is 2.91. The summed E-state index contributed by atoms with van der Waals surface area (Å²) < 4.78 is 0. The summed E-state index contributed by atoms with van der Waals surface area (Å²) >= 11 is 1.52. The van der Waals surface area contributed by atoms with Crippen molar-refractivity contribution in [3.63, 3.8) is 0 Å². The Labute approximate surface area is 113 Å². The van der Waals surface area contributed by atoms with Gasteiger partial charge in [0.2, 0.25) is 0 Å². The summed E-state index contributed by atoms with van der Waals surface area (Å²) in [4.78, 5) is 18.7. The lowest BCUT2D eigenvalue weighted by atomic mass is 9.75. The number of piperidine rings is 1. The smallest absolute Gasteiger partial charge is 0.185 e.